The standard InChI is InChI=1S/C18H16FN3O2S/c19-10-1-3-15-13(7-10)14(17(23)22-15)8-12-2-4-16(25-12)18(24)21-11-5-6-20-9-11/h1-4,7-8,11,20H,5-6,9H2,(H,21,24)(H,22,23)/b14-8-/t11-/m0/s1. The van der Waals surface area contributed by atoms with E-state index in [-0.39, 0.29) is 17.9 Å². The van der Waals surface area contributed by atoms with Crippen molar-refractivity contribution in [3.05, 3.63) is 51.5 Å². The highest BCUT2D eigenvalue weighted by molar-refractivity contribution is 7.15. The van der Waals surface area contributed by atoms with Crippen molar-refractivity contribution in [1.29, 1.82) is 0 Å². The number of fused-ring (bicyclic) bond motifs is 1. The van der Waals surface area contributed by atoms with Crippen LogP contribution in [0.25, 0.3) is 11.6 Å². The molecule has 1 aromatic heterocycles. The summed E-state index contributed by atoms with van der Waals surface area (Å²) in [6, 6.07) is 7.90. The quantitative estimate of drug-likeness (QED) is 0.739. The average molecular weight is 357 g/mol. The zero-order chi connectivity index (χ0) is 17.4. The van der Waals surface area contributed by atoms with Gasteiger partial charge in [0.05, 0.1) is 10.5 Å². The second kappa shape index (κ2) is 6.42. The largest absolute Gasteiger partial charge is 0.347 e. The Bertz CT molecular complexity index is 884. The Hall–Kier alpha value is -2.51. The molecule has 7 heteroatoms. The molecule has 3 N–H and O–H groups in total. The Morgan fingerprint density at radius 3 is 3.00 bits per heavy atom. The zero-order valence-corrected chi connectivity index (χ0v) is 14.1. The van der Waals surface area contributed by atoms with E-state index >= 15 is 0 Å². The van der Waals surface area contributed by atoms with E-state index in [1.165, 1.54) is 23.5 Å². The van der Waals surface area contributed by atoms with Crippen molar-refractivity contribution in [2.45, 2.75) is 12.5 Å². The van der Waals surface area contributed by atoms with E-state index in [2.05, 4.69) is 16.0 Å². The predicted molar refractivity (Wildman–Crippen MR) is 96.0 cm³/mol. The molecule has 4 rings (SSSR count). The number of nitrogens with one attached hydrogen (secondary N) is 3. The first-order valence-corrected chi connectivity index (χ1v) is 8.86. The number of amides is 2. The fourth-order valence-electron chi connectivity index (χ4n) is 3.03. The Balaban J connectivity index is 1.56. The number of halogens is 1. The van der Waals surface area contributed by atoms with E-state index in [0.29, 0.717) is 21.7 Å². The van der Waals surface area contributed by atoms with Crippen LogP contribution in [0.2, 0.25) is 0 Å². The van der Waals surface area contributed by atoms with Gasteiger partial charge < -0.3 is 16.0 Å². The van der Waals surface area contributed by atoms with Crippen LogP contribution in [-0.4, -0.2) is 30.9 Å². The summed E-state index contributed by atoms with van der Waals surface area (Å²) >= 11 is 1.31. The highest BCUT2D eigenvalue weighted by Gasteiger charge is 2.25. The summed E-state index contributed by atoms with van der Waals surface area (Å²) in [6.45, 7) is 1.70. The Morgan fingerprint density at radius 2 is 2.20 bits per heavy atom. The summed E-state index contributed by atoms with van der Waals surface area (Å²) in [5.74, 6) is -0.764. The number of carbonyl (C=O) groups excluding carboxylic acids is 2. The molecule has 2 aliphatic heterocycles. The molecule has 3 heterocycles. The molecule has 1 saturated heterocycles. The van der Waals surface area contributed by atoms with Gasteiger partial charge in [0.15, 0.2) is 0 Å². The summed E-state index contributed by atoms with van der Waals surface area (Å²) < 4.78 is 13.5. The molecule has 0 saturated carbocycles. The molecule has 2 aromatic rings. The van der Waals surface area contributed by atoms with Crippen molar-refractivity contribution >= 4 is 40.5 Å². The second-order valence-corrected chi connectivity index (χ2v) is 7.18. The maximum Gasteiger partial charge on any atom is 0.261 e. The molecule has 2 amide bonds. The molecule has 1 aromatic carbocycles. The minimum absolute atomic E-state index is 0.106. The SMILES string of the molecule is O=C1Nc2ccc(F)cc2/C1=C/c1ccc(C(=O)N[C@H]2CCNC2)s1. The van der Waals surface area contributed by atoms with Crippen molar-refractivity contribution in [3.63, 3.8) is 0 Å². The van der Waals surface area contributed by atoms with Gasteiger partial charge in [0.1, 0.15) is 5.82 Å². The molecule has 5 nitrogen and oxygen atoms in total. The highest BCUT2D eigenvalue weighted by atomic mass is 32.1. The van der Waals surface area contributed by atoms with Crippen LogP contribution in [0.1, 0.15) is 26.5 Å². The number of rotatable bonds is 3. The van der Waals surface area contributed by atoms with Crippen LogP contribution < -0.4 is 16.0 Å². The number of thiophene rings is 1. The Labute approximate surface area is 147 Å². The Kier molecular flexibility index (Phi) is 4.10. The normalized spacial score (nSPS) is 20.6. The molecule has 0 bridgehead atoms. The fraction of sp³-hybridized carbons (Fsp3) is 0.222. The van der Waals surface area contributed by atoms with Gasteiger partial charge in [-0.15, -0.1) is 11.3 Å². The maximum absolute atomic E-state index is 13.5. The highest BCUT2D eigenvalue weighted by Crippen LogP contribution is 2.34. The van der Waals surface area contributed by atoms with Crippen molar-refractivity contribution in [1.82, 2.24) is 10.6 Å². The van der Waals surface area contributed by atoms with Crippen molar-refractivity contribution in [2.75, 3.05) is 18.4 Å². The van der Waals surface area contributed by atoms with Gasteiger partial charge in [-0.05, 0) is 49.4 Å². The van der Waals surface area contributed by atoms with Crippen LogP contribution in [0.5, 0.6) is 0 Å². The van der Waals surface area contributed by atoms with Crippen molar-refractivity contribution < 1.29 is 14.0 Å². The predicted octanol–water partition coefficient (Wildman–Crippen LogP) is 2.47. The first kappa shape index (κ1) is 16.0. The minimum Gasteiger partial charge on any atom is -0.347 e. The first-order valence-electron chi connectivity index (χ1n) is 8.04. The molecule has 2 aliphatic rings. The van der Waals surface area contributed by atoms with Gasteiger partial charge in [0.2, 0.25) is 0 Å². The number of benzene rings is 1. The van der Waals surface area contributed by atoms with E-state index in [1.807, 2.05) is 0 Å². The topological polar surface area (TPSA) is 70.2 Å². The van der Waals surface area contributed by atoms with Crippen LogP contribution in [0.3, 0.4) is 0 Å². The number of carbonyl (C=O) groups is 2. The second-order valence-electron chi connectivity index (χ2n) is 6.07. The van der Waals surface area contributed by atoms with E-state index < -0.39 is 5.82 Å². The molecule has 25 heavy (non-hydrogen) atoms. The molecular weight excluding hydrogens is 341 g/mol. The van der Waals surface area contributed by atoms with Crippen LogP contribution >= 0.6 is 11.3 Å². The van der Waals surface area contributed by atoms with E-state index in [0.717, 1.165) is 24.4 Å². The maximum atomic E-state index is 13.5. The monoisotopic (exact) mass is 357 g/mol. The number of hydrogen-bond acceptors (Lipinski definition) is 4. The third-order valence-electron chi connectivity index (χ3n) is 4.30. The third-order valence-corrected chi connectivity index (χ3v) is 5.33. The summed E-state index contributed by atoms with van der Waals surface area (Å²) in [5.41, 5.74) is 1.55. The lowest BCUT2D eigenvalue weighted by molar-refractivity contribution is -0.110. The smallest absolute Gasteiger partial charge is 0.261 e. The minimum atomic E-state index is -0.391. The number of hydrogen-bond donors (Lipinski definition) is 3. The van der Waals surface area contributed by atoms with E-state index in [1.54, 1.807) is 24.3 Å². The lowest BCUT2D eigenvalue weighted by Crippen LogP contribution is -2.35. The average Bonchev–Trinajstić information content (AvgIpc) is 3.30. The van der Waals surface area contributed by atoms with Crippen molar-refractivity contribution in [2.24, 2.45) is 0 Å². The fourth-order valence-corrected chi connectivity index (χ4v) is 3.89. The third kappa shape index (κ3) is 3.20. The van der Waals surface area contributed by atoms with Crippen LogP contribution in [0.4, 0.5) is 10.1 Å². The van der Waals surface area contributed by atoms with E-state index in [4.69, 9.17) is 0 Å². The van der Waals surface area contributed by atoms with Gasteiger partial charge in [-0.25, -0.2) is 4.39 Å². The van der Waals surface area contributed by atoms with Gasteiger partial charge in [0, 0.05) is 28.7 Å². The lowest BCUT2D eigenvalue weighted by atomic mass is 10.1. The lowest BCUT2D eigenvalue weighted by Gasteiger charge is -2.09. The number of anilines is 1. The van der Waals surface area contributed by atoms with Gasteiger partial charge in [-0.3, -0.25) is 9.59 Å². The summed E-state index contributed by atoms with van der Waals surface area (Å²) in [5, 5.41) is 8.92. The summed E-state index contributed by atoms with van der Waals surface area (Å²) in [6.07, 6.45) is 2.62. The molecule has 0 radical (unpaired) electrons. The molecule has 1 atom stereocenters. The van der Waals surface area contributed by atoms with Crippen molar-refractivity contribution in [3.8, 4) is 0 Å². The van der Waals surface area contributed by atoms with Gasteiger partial charge >= 0.3 is 0 Å². The molecule has 0 unspecified atom stereocenters. The Morgan fingerprint density at radius 1 is 1.32 bits per heavy atom. The molecule has 128 valence electrons. The molecular formula is C18H16FN3O2S. The van der Waals surface area contributed by atoms with Crippen LogP contribution in [0, 0.1) is 5.82 Å². The van der Waals surface area contributed by atoms with E-state index in [9.17, 15) is 14.0 Å². The van der Waals surface area contributed by atoms with Gasteiger partial charge in [-0.1, -0.05) is 0 Å². The molecule has 0 spiro atoms. The van der Waals surface area contributed by atoms with Gasteiger partial charge in [0.25, 0.3) is 11.8 Å². The zero-order valence-electron chi connectivity index (χ0n) is 13.3. The summed E-state index contributed by atoms with van der Waals surface area (Å²) in [7, 11) is 0. The molecule has 1 fully saturated rings. The van der Waals surface area contributed by atoms with Gasteiger partial charge in [-0.2, -0.15) is 0 Å². The first-order chi connectivity index (χ1) is 12.1. The van der Waals surface area contributed by atoms with Crippen LogP contribution in [-0.2, 0) is 4.79 Å². The van der Waals surface area contributed by atoms with Crippen LogP contribution in [0.15, 0.2) is 30.3 Å². The summed E-state index contributed by atoms with van der Waals surface area (Å²) in [4.78, 5) is 25.8. The molecule has 0 aliphatic carbocycles.